The Morgan fingerprint density at radius 1 is 1.06 bits per heavy atom. The number of allylic oxidation sites excluding steroid dienone is 2. The summed E-state index contributed by atoms with van der Waals surface area (Å²) in [4.78, 5) is 2.05. The largest absolute Gasteiger partial charge is 0.324 e. The van der Waals surface area contributed by atoms with Gasteiger partial charge in [-0.2, -0.15) is 5.26 Å². The molecule has 0 unspecified atom stereocenters. The molecule has 0 spiro atoms. The van der Waals surface area contributed by atoms with Crippen LogP contribution in [0.4, 0.5) is 5.69 Å². The molecular weight excluding hydrogens is 196 g/mol. The van der Waals surface area contributed by atoms with Crippen LogP contribution in [0.2, 0.25) is 0 Å². The third-order valence-electron chi connectivity index (χ3n) is 2.62. The molecule has 1 heterocycles. The Morgan fingerprint density at radius 3 is 2.12 bits per heavy atom. The molecule has 2 nitrogen and oxygen atoms in total. The normalized spacial score (nSPS) is 17.2. The van der Waals surface area contributed by atoms with Crippen molar-refractivity contribution in [2.45, 2.75) is 13.8 Å². The number of hydrogen-bond acceptors (Lipinski definition) is 2. The lowest BCUT2D eigenvalue weighted by molar-refractivity contribution is 0.614. The number of anilines is 1. The highest BCUT2D eigenvalue weighted by atomic mass is 15.1. The molecule has 0 bridgehead atoms. The van der Waals surface area contributed by atoms with Crippen molar-refractivity contribution in [2.75, 3.05) is 4.90 Å². The van der Waals surface area contributed by atoms with Crippen LogP contribution in [0.1, 0.15) is 19.4 Å². The SMILES string of the molecule is CC1(C)C=CN(c2ccc(C#N)cc2)C=C1. The van der Waals surface area contributed by atoms with E-state index in [0.29, 0.717) is 5.56 Å². The second-order valence-corrected chi connectivity index (χ2v) is 4.52. The maximum Gasteiger partial charge on any atom is 0.0991 e. The minimum absolute atomic E-state index is 0.128. The van der Waals surface area contributed by atoms with Gasteiger partial charge in [0, 0.05) is 23.5 Å². The molecule has 1 aliphatic heterocycles. The summed E-state index contributed by atoms with van der Waals surface area (Å²) in [7, 11) is 0. The maximum absolute atomic E-state index is 8.72. The molecule has 0 atom stereocenters. The summed E-state index contributed by atoms with van der Waals surface area (Å²) in [5, 5.41) is 8.72. The zero-order valence-electron chi connectivity index (χ0n) is 9.51. The van der Waals surface area contributed by atoms with Gasteiger partial charge in [-0.05, 0) is 24.3 Å². The first-order valence-electron chi connectivity index (χ1n) is 5.28. The molecule has 2 heteroatoms. The van der Waals surface area contributed by atoms with E-state index in [4.69, 9.17) is 5.26 Å². The fourth-order valence-electron chi connectivity index (χ4n) is 1.53. The van der Waals surface area contributed by atoms with E-state index in [1.54, 1.807) is 0 Å². The summed E-state index contributed by atoms with van der Waals surface area (Å²) in [5.41, 5.74) is 1.89. The second-order valence-electron chi connectivity index (χ2n) is 4.52. The third kappa shape index (κ3) is 2.14. The van der Waals surface area contributed by atoms with Crippen molar-refractivity contribution in [3.63, 3.8) is 0 Å². The Morgan fingerprint density at radius 2 is 1.62 bits per heavy atom. The molecule has 0 aromatic heterocycles. The Bertz CT molecular complexity index is 456. The van der Waals surface area contributed by atoms with Gasteiger partial charge in [-0.25, -0.2) is 0 Å². The minimum atomic E-state index is 0.128. The summed E-state index contributed by atoms with van der Waals surface area (Å²) in [6, 6.07) is 9.68. The van der Waals surface area contributed by atoms with Crippen molar-refractivity contribution in [2.24, 2.45) is 5.41 Å². The highest BCUT2D eigenvalue weighted by Gasteiger charge is 2.14. The number of nitriles is 1. The van der Waals surface area contributed by atoms with Crippen molar-refractivity contribution in [3.8, 4) is 6.07 Å². The standard InChI is InChI=1S/C14H14N2/c1-14(2)7-9-16(10-8-14)13-5-3-12(11-15)4-6-13/h3-10H,1-2H3. The van der Waals surface area contributed by atoms with E-state index in [2.05, 4.69) is 44.5 Å². The smallest absolute Gasteiger partial charge is 0.0991 e. The van der Waals surface area contributed by atoms with Gasteiger partial charge in [0.25, 0.3) is 0 Å². The Kier molecular flexibility index (Phi) is 2.54. The predicted octanol–water partition coefficient (Wildman–Crippen LogP) is 3.43. The van der Waals surface area contributed by atoms with Crippen molar-refractivity contribution in [1.29, 1.82) is 5.26 Å². The van der Waals surface area contributed by atoms with Crippen LogP contribution in [0.3, 0.4) is 0 Å². The molecule has 0 radical (unpaired) electrons. The van der Waals surface area contributed by atoms with Crippen LogP contribution < -0.4 is 4.90 Å². The van der Waals surface area contributed by atoms with Crippen LogP contribution in [-0.2, 0) is 0 Å². The zero-order chi connectivity index (χ0) is 11.6. The molecule has 1 aliphatic rings. The fourth-order valence-corrected chi connectivity index (χ4v) is 1.53. The van der Waals surface area contributed by atoms with Crippen LogP contribution in [0.25, 0.3) is 0 Å². The topological polar surface area (TPSA) is 27.0 Å². The van der Waals surface area contributed by atoms with Gasteiger partial charge in [-0.3, -0.25) is 0 Å². The summed E-state index contributed by atoms with van der Waals surface area (Å²) in [6.45, 7) is 4.33. The molecule has 0 amide bonds. The van der Waals surface area contributed by atoms with E-state index in [1.807, 2.05) is 29.2 Å². The van der Waals surface area contributed by atoms with Gasteiger partial charge in [0.05, 0.1) is 11.6 Å². The summed E-state index contributed by atoms with van der Waals surface area (Å²) in [5.74, 6) is 0. The van der Waals surface area contributed by atoms with Crippen molar-refractivity contribution in [3.05, 3.63) is 54.4 Å². The number of hydrogen-bond donors (Lipinski definition) is 0. The average Bonchev–Trinajstić information content (AvgIpc) is 2.29. The summed E-state index contributed by atoms with van der Waals surface area (Å²) < 4.78 is 0. The van der Waals surface area contributed by atoms with E-state index in [1.165, 1.54) is 0 Å². The highest BCUT2D eigenvalue weighted by Crippen LogP contribution is 2.26. The number of nitrogens with zero attached hydrogens (tertiary/aromatic N) is 2. The van der Waals surface area contributed by atoms with E-state index in [9.17, 15) is 0 Å². The van der Waals surface area contributed by atoms with Crippen molar-refractivity contribution in [1.82, 2.24) is 0 Å². The van der Waals surface area contributed by atoms with Crippen LogP contribution in [-0.4, -0.2) is 0 Å². The average molecular weight is 210 g/mol. The van der Waals surface area contributed by atoms with E-state index in [-0.39, 0.29) is 5.41 Å². The first kappa shape index (κ1) is 10.5. The van der Waals surface area contributed by atoms with E-state index < -0.39 is 0 Å². The molecule has 80 valence electrons. The lowest BCUT2D eigenvalue weighted by atomic mass is 9.92. The molecule has 16 heavy (non-hydrogen) atoms. The Hall–Kier alpha value is -2.01. The van der Waals surface area contributed by atoms with Crippen LogP contribution in [0, 0.1) is 16.7 Å². The minimum Gasteiger partial charge on any atom is -0.324 e. The highest BCUT2D eigenvalue weighted by molar-refractivity contribution is 5.55. The van der Waals surface area contributed by atoms with Gasteiger partial charge in [0.2, 0.25) is 0 Å². The monoisotopic (exact) mass is 210 g/mol. The van der Waals surface area contributed by atoms with E-state index in [0.717, 1.165) is 5.69 Å². The molecule has 1 aromatic rings. The lowest BCUT2D eigenvalue weighted by Crippen LogP contribution is -2.16. The van der Waals surface area contributed by atoms with Crippen LogP contribution in [0.5, 0.6) is 0 Å². The molecular formula is C14H14N2. The van der Waals surface area contributed by atoms with Gasteiger partial charge in [-0.1, -0.05) is 26.0 Å². The predicted molar refractivity (Wildman–Crippen MR) is 65.7 cm³/mol. The van der Waals surface area contributed by atoms with Crippen LogP contribution >= 0.6 is 0 Å². The van der Waals surface area contributed by atoms with Gasteiger partial charge < -0.3 is 4.90 Å². The Balaban J connectivity index is 2.21. The third-order valence-corrected chi connectivity index (χ3v) is 2.62. The molecule has 0 N–H and O–H groups in total. The quantitative estimate of drug-likeness (QED) is 0.710. The zero-order valence-corrected chi connectivity index (χ0v) is 9.51. The van der Waals surface area contributed by atoms with Gasteiger partial charge in [0.1, 0.15) is 0 Å². The van der Waals surface area contributed by atoms with Crippen molar-refractivity contribution >= 4 is 5.69 Å². The maximum atomic E-state index is 8.72. The molecule has 2 rings (SSSR count). The first-order chi connectivity index (χ1) is 7.61. The van der Waals surface area contributed by atoms with Gasteiger partial charge in [0.15, 0.2) is 0 Å². The molecule has 0 saturated heterocycles. The number of benzene rings is 1. The molecule has 0 saturated carbocycles. The first-order valence-corrected chi connectivity index (χ1v) is 5.28. The van der Waals surface area contributed by atoms with Gasteiger partial charge in [-0.15, -0.1) is 0 Å². The number of rotatable bonds is 1. The second kappa shape index (κ2) is 3.86. The molecule has 1 aromatic carbocycles. The van der Waals surface area contributed by atoms with Crippen molar-refractivity contribution < 1.29 is 0 Å². The molecule has 0 fully saturated rings. The summed E-state index contributed by atoms with van der Waals surface area (Å²) in [6.07, 6.45) is 8.43. The van der Waals surface area contributed by atoms with Gasteiger partial charge >= 0.3 is 0 Å². The fraction of sp³-hybridized carbons (Fsp3) is 0.214. The molecule has 0 aliphatic carbocycles. The Labute approximate surface area is 96.1 Å². The van der Waals surface area contributed by atoms with Crippen LogP contribution in [0.15, 0.2) is 48.8 Å². The lowest BCUT2D eigenvalue weighted by Gasteiger charge is -2.25. The summed E-state index contributed by atoms with van der Waals surface area (Å²) >= 11 is 0. The van der Waals surface area contributed by atoms with E-state index >= 15 is 0 Å².